The van der Waals surface area contributed by atoms with Crippen molar-refractivity contribution in [3.63, 3.8) is 0 Å². The largest absolute Gasteiger partial charge is 0.465 e. The lowest BCUT2D eigenvalue weighted by Gasteiger charge is -2.16. The van der Waals surface area contributed by atoms with E-state index in [-0.39, 0.29) is 17.8 Å². The number of hydrogen-bond acceptors (Lipinski definition) is 4. The number of benzene rings is 1. The molecule has 0 amide bonds. The van der Waals surface area contributed by atoms with Crippen LogP contribution in [0.15, 0.2) is 29.2 Å². The van der Waals surface area contributed by atoms with E-state index in [0.29, 0.717) is 13.0 Å². The fourth-order valence-electron chi connectivity index (χ4n) is 1.69. The van der Waals surface area contributed by atoms with E-state index in [9.17, 15) is 9.18 Å². The first-order valence-electron chi connectivity index (χ1n) is 6.95. The zero-order chi connectivity index (χ0) is 14.8. The van der Waals surface area contributed by atoms with Crippen LogP contribution in [0, 0.1) is 5.82 Å². The average Bonchev–Trinajstić information content (AvgIpc) is 2.44. The second kappa shape index (κ2) is 9.77. The molecule has 20 heavy (non-hydrogen) atoms. The van der Waals surface area contributed by atoms with Crippen LogP contribution in [0.25, 0.3) is 0 Å². The van der Waals surface area contributed by atoms with Crippen molar-refractivity contribution < 1.29 is 13.9 Å². The minimum atomic E-state index is -0.261. The zero-order valence-electron chi connectivity index (χ0n) is 12.0. The predicted molar refractivity (Wildman–Crippen MR) is 80.5 cm³/mol. The quantitative estimate of drug-likeness (QED) is 0.561. The van der Waals surface area contributed by atoms with Crippen molar-refractivity contribution in [1.82, 2.24) is 5.32 Å². The smallest absolute Gasteiger partial charge is 0.323 e. The van der Waals surface area contributed by atoms with Gasteiger partial charge in [-0.25, -0.2) is 4.39 Å². The third-order valence-corrected chi connectivity index (χ3v) is 3.75. The monoisotopic (exact) mass is 299 g/mol. The summed E-state index contributed by atoms with van der Waals surface area (Å²) in [4.78, 5) is 12.8. The van der Waals surface area contributed by atoms with Gasteiger partial charge in [0.2, 0.25) is 0 Å². The highest BCUT2D eigenvalue weighted by molar-refractivity contribution is 7.99. The molecule has 0 spiro atoms. The zero-order valence-corrected chi connectivity index (χ0v) is 12.8. The standard InChI is InChI=1S/C15H22FNO2S/c1-3-10-17-14(15(18)19-4-2)9-11-20-13-7-5-12(16)6-8-13/h5-8,14,17H,3-4,9-11H2,1-2H3. The van der Waals surface area contributed by atoms with Crippen LogP contribution in [0.5, 0.6) is 0 Å². The van der Waals surface area contributed by atoms with Crippen molar-refractivity contribution in [2.75, 3.05) is 18.9 Å². The number of esters is 1. The van der Waals surface area contributed by atoms with Gasteiger partial charge in [0, 0.05) is 10.6 Å². The fourth-order valence-corrected chi connectivity index (χ4v) is 2.61. The number of hydrogen-bond donors (Lipinski definition) is 1. The Morgan fingerprint density at radius 3 is 2.65 bits per heavy atom. The molecule has 0 aliphatic rings. The van der Waals surface area contributed by atoms with Gasteiger partial charge in [-0.05, 0) is 50.6 Å². The van der Waals surface area contributed by atoms with Gasteiger partial charge in [0.25, 0.3) is 0 Å². The van der Waals surface area contributed by atoms with Crippen LogP contribution in [-0.2, 0) is 9.53 Å². The number of halogens is 1. The summed E-state index contributed by atoms with van der Waals surface area (Å²) < 4.78 is 17.8. The summed E-state index contributed by atoms with van der Waals surface area (Å²) in [6.45, 7) is 5.06. The highest BCUT2D eigenvalue weighted by atomic mass is 32.2. The molecule has 3 nitrogen and oxygen atoms in total. The molecule has 1 aromatic carbocycles. The molecular weight excluding hydrogens is 277 g/mol. The Hall–Kier alpha value is -1.07. The molecule has 0 radical (unpaired) electrons. The molecule has 0 bridgehead atoms. The van der Waals surface area contributed by atoms with Crippen molar-refractivity contribution in [2.24, 2.45) is 0 Å². The maximum absolute atomic E-state index is 12.8. The van der Waals surface area contributed by atoms with E-state index in [4.69, 9.17) is 4.74 Å². The van der Waals surface area contributed by atoms with Gasteiger partial charge in [-0.15, -0.1) is 11.8 Å². The van der Waals surface area contributed by atoms with E-state index >= 15 is 0 Å². The molecule has 1 rings (SSSR count). The fraction of sp³-hybridized carbons (Fsp3) is 0.533. The number of thioether (sulfide) groups is 1. The Kier molecular flexibility index (Phi) is 8.30. The number of nitrogens with one attached hydrogen (secondary N) is 1. The van der Waals surface area contributed by atoms with E-state index in [0.717, 1.165) is 23.6 Å². The Morgan fingerprint density at radius 2 is 2.05 bits per heavy atom. The lowest BCUT2D eigenvalue weighted by Crippen LogP contribution is -2.39. The molecule has 0 saturated carbocycles. The van der Waals surface area contributed by atoms with Crippen LogP contribution in [-0.4, -0.2) is 30.9 Å². The Balaban J connectivity index is 2.40. The Morgan fingerprint density at radius 1 is 1.35 bits per heavy atom. The third kappa shape index (κ3) is 6.39. The first kappa shape index (κ1) is 17.0. The molecule has 0 heterocycles. The van der Waals surface area contributed by atoms with Gasteiger partial charge in [-0.3, -0.25) is 4.79 Å². The van der Waals surface area contributed by atoms with Crippen LogP contribution in [0.3, 0.4) is 0 Å². The highest BCUT2D eigenvalue weighted by Gasteiger charge is 2.18. The molecule has 1 atom stereocenters. The number of rotatable bonds is 9. The molecule has 5 heteroatoms. The molecule has 1 aromatic rings. The van der Waals surface area contributed by atoms with Crippen LogP contribution in [0.2, 0.25) is 0 Å². The molecule has 0 fully saturated rings. The highest BCUT2D eigenvalue weighted by Crippen LogP contribution is 2.19. The second-order valence-corrected chi connectivity index (χ2v) is 5.52. The molecule has 0 aliphatic heterocycles. The minimum absolute atomic E-state index is 0.194. The Labute approximate surface area is 124 Å². The summed E-state index contributed by atoms with van der Waals surface area (Å²) in [5, 5.41) is 3.20. The number of carbonyl (C=O) groups excluding carboxylic acids is 1. The average molecular weight is 299 g/mol. The van der Waals surface area contributed by atoms with Crippen molar-refractivity contribution in [3.05, 3.63) is 30.1 Å². The lowest BCUT2D eigenvalue weighted by atomic mass is 10.2. The SMILES string of the molecule is CCCNC(CCSc1ccc(F)cc1)C(=O)OCC. The minimum Gasteiger partial charge on any atom is -0.465 e. The van der Waals surface area contributed by atoms with Crippen LogP contribution >= 0.6 is 11.8 Å². The van der Waals surface area contributed by atoms with Crippen LogP contribution in [0.1, 0.15) is 26.7 Å². The van der Waals surface area contributed by atoms with Crippen molar-refractivity contribution in [1.29, 1.82) is 0 Å². The van der Waals surface area contributed by atoms with Crippen molar-refractivity contribution >= 4 is 17.7 Å². The summed E-state index contributed by atoms with van der Waals surface area (Å²) in [5.74, 6) is 0.357. The predicted octanol–water partition coefficient (Wildman–Crippen LogP) is 3.24. The normalized spacial score (nSPS) is 12.2. The van der Waals surface area contributed by atoms with Gasteiger partial charge in [-0.2, -0.15) is 0 Å². The molecule has 0 aromatic heterocycles. The third-order valence-electron chi connectivity index (χ3n) is 2.70. The van der Waals surface area contributed by atoms with E-state index < -0.39 is 0 Å². The summed E-state index contributed by atoms with van der Waals surface area (Å²) in [6, 6.07) is 6.13. The Bertz CT molecular complexity index is 397. The lowest BCUT2D eigenvalue weighted by molar-refractivity contribution is -0.145. The molecular formula is C15H22FNO2S. The molecule has 0 aliphatic carbocycles. The van der Waals surface area contributed by atoms with E-state index in [1.54, 1.807) is 23.9 Å². The molecule has 112 valence electrons. The van der Waals surface area contributed by atoms with E-state index in [1.165, 1.54) is 12.1 Å². The molecule has 1 N–H and O–H groups in total. The topological polar surface area (TPSA) is 38.3 Å². The first-order valence-corrected chi connectivity index (χ1v) is 7.94. The van der Waals surface area contributed by atoms with Gasteiger partial charge < -0.3 is 10.1 Å². The van der Waals surface area contributed by atoms with Gasteiger partial charge in [0.05, 0.1) is 6.61 Å². The maximum Gasteiger partial charge on any atom is 0.323 e. The van der Waals surface area contributed by atoms with Gasteiger partial charge in [0.15, 0.2) is 0 Å². The van der Waals surface area contributed by atoms with E-state index in [2.05, 4.69) is 12.2 Å². The van der Waals surface area contributed by atoms with Crippen molar-refractivity contribution in [2.45, 2.75) is 37.6 Å². The summed E-state index contributed by atoms with van der Waals surface area (Å²) >= 11 is 1.61. The number of carbonyl (C=O) groups is 1. The van der Waals surface area contributed by atoms with Gasteiger partial charge in [0.1, 0.15) is 11.9 Å². The van der Waals surface area contributed by atoms with Crippen molar-refractivity contribution in [3.8, 4) is 0 Å². The molecule has 0 saturated heterocycles. The summed E-state index contributed by atoms with van der Waals surface area (Å²) in [5.41, 5.74) is 0. The van der Waals surface area contributed by atoms with Crippen LogP contribution < -0.4 is 5.32 Å². The second-order valence-electron chi connectivity index (χ2n) is 4.35. The first-order chi connectivity index (χ1) is 9.67. The van der Waals surface area contributed by atoms with Crippen LogP contribution in [0.4, 0.5) is 4.39 Å². The maximum atomic E-state index is 12.8. The van der Waals surface area contributed by atoms with Gasteiger partial charge >= 0.3 is 5.97 Å². The summed E-state index contributed by atoms with van der Waals surface area (Å²) in [7, 11) is 0. The van der Waals surface area contributed by atoms with E-state index in [1.807, 2.05) is 6.92 Å². The number of ether oxygens (including phenoxy) is 1. The summed E-state index contributed by atoms with van der Waals surface area (Å²) in [6.07, 6.45) is 1.67. The molecule has 1 unspecified atom stereocenters. The van der Waals surface area contributed by atoms with Gasteiger partial charge in [-0.1, -0.05) is 6.92 Å².